The zero-order valence-electron chi connectivity index (χ0n) is 13.6. The first-order valence-electron chi connectivity index (χ1n) is 7.48. The number of amides is 2. The van der Waals surface area contributed by atoms with Crippen LogP contribution in [0, 0.1) is 5.82 Å². The number of hydrogen-bond acceptors (Lipinski definition) is 3. The maximum Gasteiger partial charge on any atom is 0.254 e. The van der Waals surface area contributed by atoms with Gasteiger partial charge in [-0.2, -0.15) is 0 Å². The Morgan fingerprint density at radius 3 is 2.58 bits per heavy atom. The molecule has 0 aromatic heterocycles. The fourth-order valence-electron chi connectivity index (χ4n) is 2.26. The van der Waals surface area contributed by atoms with Crippen LogP contribution in [0.2, 0.25) is 0 Å². The molecule has 0 aliphatic heterocycles. The monoisotopic (exact) mass is 330 g/mol. The van der Waals surface area contributed by atoms with E-state index in [1.165, 1.54) is 32.2 Å². The summed E-state index contributed by atoms with van der Waals surface area (Å²) in [4.78, 5) is 23.2. The molecule has 24 heavy (non-hydrogen) atoms. The number of anilines is 1. The first kappa shape index (κ1) is 17.5. The largest absolute Gasteiger partial charge is 0.495 e. The highest BCUT2D eigenvalue weighted by Crippen LogP contribution is 2.25. The second-order valence-corrected chi connectivity index (χ2v) is 5.20. The van der Waals surface area contributed by atoms with E-state index in [1.807, 2.05) is 6.07 Å². The third-order valence-corrected chi connectivity index (χ3v) is 3.39. The van der Waals surface area contributed by atoms with Gasteiger partial charge in [0.05, 0.1) is 18.4 Å². The molecule has 0 unspecified atom stereocenters. The Hall–Kier alpha value is -2.89. The van der Waals surface area contributed by atoms with E-state index in [2.05, 4.69) is 10.6 Å². The van der Waals surface area contributed by atoms with E-state index >= 15 is 0 Å². The molecule has 126 valence electrons. The van der Waals surface area contributed by atoms with Gasteiger partial charge in [0.1, 0.15) is 11.6 Å². The molecule has 0 heterocycles. The molecule has 0 spiro atoms. The van der Waals surface area contributed by atoms with E-state index in [0.717, 1.165) is 5.56 Å². The molecule has 6 heteroatoms. The molecule has 2 amide bonds. The highest BCUT2D eigenvalue weighted by atomic mass is 19.1. The number of nitrogens with one attached hydrogen (secondary N) is 2. The molecule has 2 aromatic rings. The Morgan fingerprint density at radius 1 is 1.17 bits per heavy atom. The van der Waals surface area contributed by atoms with Crippen LogP contribution < -0.4 is 15.4 Å². The van der Waals surface area contributed by atoms with Gasteiger partial charge in [0.15, 0.2) is 0 Å². The Morgan fingerprint density at radius 2 is 1.92 bits per heavy atom. The number of hydrogen-bond donors (Lipinski definition) is 2. The summed E-state index contributed by atoms with van der Waals surface area (Å²) in [5, 5.41) is 5.38. The number of carbonyl (C=O) groups is 2. The fourth-order valence-corrected chi connectivity index (χ4v) is 2.26. The second-order valence-electron chi connectivity index (χ2n) is 5.20. The van der Waals surface area contributed by atoms with Gasteiger partial charge in [-0.15, -0.1) is 0 Å². The van der Waals surface area contributed by atoms with Gasteiger partial charge in [-0.25, -0.2) is 4.39 Å². The first-order chi connectivity index (χ1) is 11.5. The molecular weight excluding hydrogens is 311 g/mol. The van der Waals surface area contributed by atoms with Gasteiger partial charge in [-0.05, 0) is 36.2 Å². The summed E-state index contributed by atoms with van der Waals surface area (Å²) < 4.78 is 18.7. The molecule has 2 aromatic carbocycles. The predicted octanol–water partition coefficient (Wildman–Crippen LogP) is 2.77. The molecule has 0 saturated heterocycles. The van der Waals surface area contributed by atoms with E-state index in [0.29, 0.717) is 24.4 Å². The molecule has 2 N–H and O–H groups in total. The molecule has 0 saturated carbocycles. The summed E-state index contributed by atoms with van der Waals surface area (Å²) in [6.45, 7) is 1.76. The third kappa shape index (κ3) is 4.55. The molecule has 0 aliphatic rings. The minimum Gasteiger partial charge on any atom is -0.495 e. The predicted molar refractivity (Wildman–Crippen MR) is 89.7 cm³/mol. The molecule has 0 radical (unpaired) electrons. The van der Waals surface area contributed by atoms with Crippen molar-refractivity contribution in [2.45, 2.75) is 13.3 Å². The maximum absolute atomic E-state index is 13.5. The Labute approximate surface area is 139 Å². The first-order valence-corrected chi connectivity index (χ1v) is 7.48. The number of halogens is 1. The molecule has 0 fully saturated rings. The Bertz CT molecular complexity index is 747. The number of rotatable bonds is 6. The number of carbonyl (C=O) groups excluding carboxylic acids is 2. The molecule has 0 bridgehead atoms. The van der Waals surface area contributed by atoms with Crippen LogP contribution in [0.25, 0.3) is 0 Å². The van der Waals surface area contributed by atoms with E-state index in [1.54, 1.807) is 18.2 Å². The van der Waals surface area contributed by atoms with Crippen LogP contribution in [0.4, 0.5) is 10.1 Å². The summed E-state index contributed by atoms with van der Waals surface area (Å²) in [7, 11) is 1.52. The van der Waals surface area contributed by atoms with Crippen molar-refractivity contribution in [1.29, 1.82) is 0 Å². The maximum atomic E-state index is 13.5. The van der Waals surface area contributed by atoms with Gasteiger partial charge < -0.3 is 15.4 Å². The zero-order valence-corrected chi connectivity index (χ0v) is 13.6. The average molecular weight is 330 g/mol. The van der Waals surface area contributed by atoms with Crippen LogP contribution in [0.1, 0.15) is 22.8 Å². The van der Waals surface area contributed by atoms with Crippen LogP contribution >= 0.6 is 0 Å². The van der Waals surface area contributed by atoms with Crippen molar-refractivity contribution in [2.24, 2.45) is 0 Å². The van der Waals surface area contributed by atoms with E-state index in [4.69, 9.17) is 4.74 Å². The summed E-state index contributed by atoms with van der Waals surface area (Å²) >= 11 is 0. The lowest BCUT2D eigenvalue weighted by molar-refractivity contribution is -0.114. The molecule has 0 aliphatic carbocycles. The standard InChI is InChI=1S/C18H19FN2O3/c1-12(22)21-16-11-13(7-8-17(16)24-2)9-10-20-18(23)14-5-3-4-6-15(14)19/h3-8,11H,9-10H2,1-2H3,(H,20,23)(H,21,22). The molecular formula is C18H19FN2O3. The van der Waals surface area contributed by atoms with Gasteiger partial charge in [-0.1, -0.05) is 18.2 Å². The summed E-state index contributed by atoms with van der Waals surface area (Å²) in [6.07, 6.45) is 0.538. The van der Waals surface area contributed by atoms with E-state index in [-0.39, 0.29) is 11.5 Å². The van der Waals surface area contributed by atoms with Crippen LogP contribution in [-0.2, 0) is 11.2 Å². The molecule has 2 rings (SSSR count). The number of ether oxygens (including phenoxy) is 1. The number of benzene rings is 2. The summed E-state index contributed by atoms with van der Waals surface area (Å²) in [6, 6.07) is 11.2. The van der Waals surface area contributed by atoms with Crippen molar-refractivity contribution in [2.75, 3.05) is 19.0 Å². The van der Waals surface area contributed by atoms with Crippen molar-refractivity contribution in [3.05, 3.63) is 59.4 Å². The Kier molecular flexibility index (Phi) is 5.89. The Balaban J connectivity index is 1.98. The zero-order chi connectivity index (χ0) is 17.5. The normalized spacial score (nSPS) is 10.1. The van der Waals surface area contributed by atoms with Crippen molar-refractivity contribution in [3.63, 3.8) is 0 Å². The van der Waals surface area contributed by atoms with Crippen LogP contribution in [-0.4, -0.2) is 25.5 Å². The minimum atomic E-state index is -0.549. The van der Waals surface area contributed by atoms with Gasteiger partial charge in [0.25, 0.3) is 5.91 Å². The lowest BCUT2D eigenvalue weighted by Gasteiger charge is -2.11. The van der Waals surface area contributed by atoms with E-state index in [9.17, 15) is 14.0 Å². The van der Waals surface area contributed by atoms with Gasteiger partial charge >= 0.3 is 0 Å². The second kappa shape index (κ2) is 8.10. The van der Waals surface area contributed by atoms with Crippen molar-refractivity contribution < 1.29 is 18.7 Å². The van der Waals surface area contributed by atoms with E-state index < -0.39 is 11.7 Å². The lowest BCUT2D eigenvalue weighted by atomic mass is 10.1. The quantitative estimate of drug-likeness (QED) is 0.856. The van der Waals surface area contributed by atoms with Crippen molar-refractivity contribution >= 4 is 17.5 Å². The SMILES string of the molecule is COc1ccc(CCNC(=O)c2ccccc2F)cc1NC(C)=O. The van der Waals surface area contributed by atoms with Gasteiger partial charge in [0, 0.05) is 13.5 Å². The average Bonchev–Trinajstić information content (AvgIpc) is 2.55. The topological polar surface area (TPSA) is 67.4 Å². The summed E-state index contributed by atoms with van der Waals surface area (Å²) in [5.41, 5.74) is 1.50. The molecule has 5 nitrogen and oxygen atoms in total. The number of methoxy groups -OCH3 is 1. The smallest absolute Gasteiger partial charge is 0.254 e. The highest BCUT2D eigenvalue weighted by Gasteiger charge is 2.10. The van der Waals surface area contributed by atoms with Gasteiger partial charge in [-0.3, -0.25) is 9.59 Å². The minimum absolute atomic E-state index is 0.0196. The molecule has 0 atom stereocenters. The van der Waals surface area contributed by atoms with Crippen LogP contribution in [0.3, 0.4) is 0 Å². The van der Waals surface area contributed by atoms with Gasteiger partial charge in [0.2, 0.25) is 5.91 Å². The lowest BCUT2D eigenvalue weighted by Crippen LogP contribution is -2.26. The van der Waals surface area contributed by atoms with Crippen molar-refractivity contribution in [3.8, 4) is 5.75 Å². The highest BCUT2D eigenvalue weighted by molar-refractivity contribution is 5.94. The van der Waals surface area contributed by atoms with Crippen molar-refractivity contribution in [1.82, 2.24) is 5.32 Å². The van der Waals surface area contributed by atoms with Crippen LogP contribution in [0.15, 0.2) is 42.5 Å². The third-order valence-electron chi connectivity index (χ3n) is 3.39. The fraction of sp³-hybridized carbons (Fsp3) is 0.222. The van der Waals surface area contributed by atoms with Crippen LogP contribution in [0.5, 0.6) is 5.75 Å². The summed E-state index contributed by atoms with van der Waals surface area (Å²) in [5.74, 6) is -0.640.